The van der Waals surface area contributed by atoms with E-state index in [4.69, 9.17) is 5.73 Å². The summed E-state index contributed by atoms with van der Waals surface area (Å²) in [6.07, 6.45) is 2.28. The summed E-state index contributed by atoms with van der Waals surface area (Å²) in [4.78, 5) is 2.49. The Morgan fingerprint density at radius 1 is 1.28 bits per heavy atom. The summed E-state index contributed by atoms with van der Waals surface area (Å²) >= 11 is 0. The molecule has 0 aliphatic carbocycles. The fraction of sp³-hybridized carbons (Fsp3) is 0.625. The second-order valence-corrected chi connectivity index (χ2v) is 5.87. The van der Waals surface area contributed by atoms with Crippen molar-refractivity contribution in [2.45, 2.75) is 45.7 Å². The fourth-order valence-corrected chi connectivity index (χ4v) is 3.02. The molecule has 2 atom stereocenters. The molecule has 2 N–H and O–H groups in total. The van der Waals surface area contributed by atoms with Crippen molar-refractivity contribution < 1.29 is 0 Å². The number of hydrogen-bond donors (Lipinski definition) is 1. The molecule has 0 saturated carbocycles. The van der Waals surface area contributed by atoms with Crippen LogP contribution in [0.4, 0.5) is 0 Å². The average Bonchev–Trinajstić information content (AvgIpc) is 2.71. The molecule has 1 heterocycles. The molecule has 2 nitrogen and oxygen atoms in total. The zero-order valence-electron chi connectivity index (χ0n) is 11.9. The van der Waals surface area contributed by atoms with Crippen molar-refractivity contribution in [3.8, 4) is 0 Å². The Kier molecular flexibility index (Phi) is 4.41. The van der Waals surface area contributed by atoms with Crippen LogP contribution >= 0.6 is 0 Å². The van der Waals surface area contributed by atoms with Gasteiger partial charge in [-0.3, -0.25) is 4.90 Å². The van der Waals surface area contributed by atoms with E-state index >= 15 is 0 Å². The molecule has 0 spiro atoms. The van der Waals surface area contributed by atoms with Crippen molar-refractivity contribution in [1.82, 2.24) is 4.90 Å². The molecule has 0 bridgehead atoms. The van der Waals surface area contributed by atoms with Gasteiger partial charge in [-0.2, -0.15) is 0 Å². The molecule has 2 unspecified atom stereocenters. The van der Waals surface area contributed by atoms with Gasteiger partial charge in [0.05, 0.1) is 0 Å². The Hall–Kier alpha value is -0.860. The minimum atomic E-state index is 0.292. The Morgan fingerprint density at radius 2 is 1.94 bits per heavy atom. The minimum absolute atomic E-state index is 0.292. The molecule has 1 fully saturated rings. The van der Waals surface area contributed by atoms with E-state index in [0.29, 0.717) is 12.1 Å². The Labute approximate surface area is 111 Å². The van der Waals surface area contributed by atoms with E-state index in [0.717, 1.165) is 31.8 Å². The van der Waals surface area contributed by atoms with Gasteiger partial charge in [0.2, 0.25) is 0 Å². The van der Waals surface area contributed by atoms with Gasteiger partial charge in [-0.1, -0.05) is 45.0 Å². The van der Waals surface area contributed by atoms with Gasteiger partial charge in [0.15, 0.2) is 0 Å². The number of likely N-dealkylation sites (N-methyl/N-ethyl adjacent to an activating group) is 1. The molecule has 100 valence electrons. The molecule has 1 aromatic carbocycles. The normalized spacial score (nSPS) is 24.9. The smallest absolute Gasteiger partial charge is 0.0499 e. The highest BCUT2D eigenvalue weighted by molar-refractivity contribution is 5.27. The van der Waals surface area contributed by atoms with Crippen LogP contribution in [0, 0.1) is 5.92 Å². The van der Waals surface area contributed by atoms with Gasteiger partial charge in [-0.15, -0.1) is 0 Å². The number of benzene rings is 1. The average molecular weight is 246 g/mol. The van der Waals surface area contributed by atoms with Crippen LogP contribution in [0.3, 0.4) is 0 Å². The summed E-state index contributed by atoms with van der Waals surface area (Å²) in [5, 5.41) is 0. The lowest BCUT2D eigenvalue weighted by molar-refractivity contribution is 0.261. The van der Waals surface area contributed by atoms with Crippen LogP contribution in [0.15, 0.2) is 24.3 Å². The standard InChI is InChI=1S/C16H26N2/c1-4-18-10-9-15(17)16(18)14-7-5-13(6-8-14)11-12(2)3/h5-8,12,15-16H,4,9-11,17H2,1-3H3. The second kappa shape index (κ2) is 5.85. The van der Waals surface area contributed by atoms with Crippen LogP contribution in [0.1, 0.15) is 44.4 Å². The molecular formula is C16H26N2. The number of hydrogen-bond acceptors (Lipinski definition) is 2. The van der Waals surface area contributed by atoms with Crippen LogP contribution in [0.25, 0.3) is 0 Å². The third kappa shape index (κ3) is 2.93. The van der Waals surface area contributed by atoms with Crippen molar-refractivity contribution in [3.05, 3.63) is 35.4 Å². The lowest BCUT2D eigenvalue weighted by Gasteiger charge is -2.26. The first kappa shape index (κ1) is 13.6. The molecule has 1 aliphatic heterocycles. The quantitative estimate of drug-likeness (QED) is 0.885. The highest BCUT2D eigenvalue weighted by Gasteiger charge is 2.31. The van der Waals surface area contributed by atoms with Crippen LogP contribution in [0.2, 0.25) is 0 Å². The molecule has 1 aliphatic rings. The molecule has 2 heteroatoms. The maximum Gasteiger partial charge on any atom is 0.0499 e. The van der Waals surface area contributed by atoms with Gasteiger partial charge in [-0.05, 0) is 36.4 Å². The number of nitrogens with zero attached hydrogens (tertiary/aromatic N) is 1. The maximum absolute atomic E-state index is 6.25. The molecule has 1 aromatic rings. The summed E-state index contributed by atoms with van der Waals surface area (Å²) < 4.78 is 0. The predicted octanol–water partition coefficient (Wildman–Crippen LogP) is 2.98. The third-order valence-corrected chi connectivity index (χ3v) is 3.92. The van der Waals surface area contributed by atoms with Gasteiger partial charge in [-0.25, -0.2) is 0 Å². The number of likely N-dealkylation sites (tertiary alicyclic amines) is 1. The molecule has 0 radical (unpaired) electrons. The lowest BCUT2D eigenvalue weighted by atomic mass is 9.97. The number of rotatable bonds is 4. The highest BCUT2D eigenvalue weighted by atomic mass is 15.2. The van der Waals surface area contributed by atoms with E-state index in [1.807, 2.05) is 0 Å². The van der Waals surface area contributed by atoms with E-state index in [-0.39, 0.29) is 0 Å². The Morgan fingerprint density at radius 3 is 2.50 bits per heavy atom. The van der Waals surface area contributed by atoms with Crippen molar-refractivity contribution in [2.75, 3.05) is 13.1 Å². The summed E-state index contributed by atoms with van der Waals surface area (Å²) in [5.41, 5.74) is 9.07. The van der Waals surface area contributed by atoms with E-state index < -0.39 is 0 Å². The minimum Gasteiger partial charge on any atom is -0.326 e. The van der Waals surface area contributed by atoms with E-state index in [1.54, 1.807) is 0 Å². The molecule has 18 heavy (non-hydrogen) atoms. The van der Waals surface area contributed by atoms with Crippen molar-refractivity contribution in [2.24, 2.45) is 11.7 Å². The van der Waals surface area contributed by atoms with Gasteiger partial charge in [0.25, 0.3) is 0 Å². The number of nitrogens with two attached hydrogens (primary N) is 1. The van der Waals surface area contributed by atoms with Crippen LogP contribution in [-0.2, 0) is 6.42 Å². The van der Waals surface area contributed by atoms with Crippen LogP contribution in [-0.4, -0.2) is 24.0 Å². The SMILES string of the molecule is CCN1CCC(N)C1c1ccc(CC(C)C)cc1. The monoisotopic (exact) mass is 246 g/mol. The predicted molar refractivity (Wildman–Crippen MR) is 77.6 cm³/mol. The first-order chi connectivity index (χ1) is 8.61. The first-order valence-corrected chi connectivity index (χ1v) is 7.20. The molecule has 2 rings (SSSR count). The zero-order chi connectivity index (χ0) is 13.1. The van der Waals surface area contributed by atoms with Crippen LogP contribution < -0.4 is 5.73 Å². The summed E-state index contributed by atoms with van der Waals surface area (Å²) in [6.45, 7) is 8.97. The van der Waals surface area contributed by atoms with Crippen molar-refractivity contribution in [1.29, 1.82) is 0 Å². The summed E-state index contributed by atoms with van der Waals surface area (Å²) in [7, 11) is 0. The Bertz CT molecular complexity index is 369. The van der Waals surface area contributed by atoms with E-state index in [1.165, 1.54) is 11.1 Å². The van der Waals surface area contributed by atoms with Gasteiger partial charge in [0.1, 0.15) is 0 Å². The zero-order valence-corrected chi connectivity index (χ0v) is 11.9. The van der Waals surface area contributed by atoms with E-state index in [2.05, 4.69) is 49.9 Å². The molecule has 0 aromatic heterocycles. The second-order valence-electron chi connectivity index (χ2n) is 5.87. The lowest BCUT2D eigenvalue weighted by Crippen LogP contribution is -2.31. The fourth-order valence-electron chi connectivity index (χ4n) is 3.02. The largest absolute Gasteiger partial charge is 0.326 e. The summed E-state index contributed by atoms with van der Waals surface area (Å²) in [6, 6.07) is 9.80. The van der Waals surface area contributed by atoms with E-state index in [9.17, 15) is 0 Å². The van der Waals surface area contributed by atoms with Gasteiger partial charge in [0, 0.05) is 18.6 Å². The van der Waals surface area contributed by atoms with Gasteiger partial charge < -0.3 is 5.73 Å². The highest BCUT2D eigenvalue weighted by Crippen LogP contribution is 2.30. The maximum atomic E-state index is 6.25. The molecular weight excluding hydrogens is 220 g/mol. The first-order valence-electron chi connectivity index (χ1n) is 7.20. The molecule has 0 amide bonds. The van der Waals surface area contributed by atoms with Gasteiger partial charge >= 0.3 is 0 Å². The summed E-state index contributed by atoms with van der Waals surface area (Å²) in [5.74, 6) is 0.719. The van der Waals surface area contributed by atoms with Crippen molar-refractivity contribution in [3.63, 3.8) is 0 Å². The Balaban J connectivity index is 2.13. The topological polar surface area (TPSA) is 29.3 Å². The van der Waals surface area contributed by atoms with Crippen molar-refractivity contribution >= 4 is 0 Å². The molecule has 1 saturated heterocycles. The third-order valence-electron chi connectivity index (χ3n) is 3.92. The van der Waals surface area contributed by atoms with Crippen LogP contribution in [0.5, 0.6) is 0 Å².